The van der Waals surface area contributed by atoms with Crippen molar-refractivity contribution in [3.63, 3.8) is 0 Å². The molecule has 0 saturated heterocycles. The molecule has 1 aromatic carbocycles. The van der Waals surface area contributed by atoms with Gasteiger partial charge in [0.25, 0.3) is 0 Å². The second-order valence-electron chi connectivity index (χ2n) is 7.51. The molecule has 1 fully saturated rings. The standard InChI is InChI=1S/C18H27FN2O/c1-18(2,3)10-16(14-6-8-15(19)9-7-14)21-17(22)12-20-11-13-4-5-13/h6-9,13,16,20H,4-5,10-12H2,1-3H3,(H,21,22). The van der Waals surface area contributed by atoms with E-state index in [1.807, 2.05) is 0 Å². The lowest BCUT2D eigenvalue weighted by atomic mass is 9.85. The molecule has 1 atom stereocenters. The Labute approximate surface area is 132 Å². The van der Waals surface area contributed by atoms with Crippen LogP contribution in [0.25, 0.3) is 0 Å². The zero-order chi connectivity index (χ0) is 16.2. The van der Waals surface area contributed by atoms with Gasteiger partial charge in [0, 0.05) is 0 Å². The summed E-state index contributed by atoms with van der Waals surface area (Å²) in [5.41, 5.74) is 1.03. The molecular weight excluding hydrogens is 279 g/mol. The van der Waals surface area contributed by atoms with Crippen molar-refractivity contribution in [1.29, 1.82) is 0 Å². The van der Waals surface area contributed by atoms with Gasteiger partial charge in [-0.3, -0.25) is 4.79 Å². The smallest absolute Gasteiger partial charge is 0.234 e. The number of nitrogens with one attached hydrogen (secondary N) is 2. The largest absolute Gasteiger partial charge is 0.348 e. The van der Waals surface area contributed by atoms with Crippen molar-refractivity contribution >= 4 is 5.91 Å². The number of halogens is 1. The Morgan fingerprint density at radius 1 is 1.27 bits per heavy atom. The second kappa shape index (κ2) is 7.23. The van der Waals surface area contributed by atoms with Gasteiger partial charge in [0.2, 0.25) is 5.91 Å². The predicted molar refractivity (Wildman–Crippen MR) is 86.9 cm³/mol. The number of hydrogen-bond acceptors (Lipinski definition) is 2. The lowest BCUT2D eigenvalue weighted by molar-refractivity contribution is -0.121. The molecule has 2 rings (SSSR count). The summed E-state index contributed by atoms with van der Waals surface area (Å²) in [5, 5.41) is 6.28. The third-order valence-corrected chi connectivity index (χ3v) is 3.84. The first-order valence-corrected chi connectivity index (χ1v) is 8.09. The van der Waals surface area contributed by atoms with E-state index in [9.17, 15) is 9.18 Å². The van der Waals surface area contributed by atoms with Crippen molar-refractivity contribution in [2.24, 2.45) is 11.3 Å². The third kappa shape index (κ3) is 6.14. The van der Waals surface area contributed by atoms with Gasteiger partial charge in [-0.1, -0.05) is 32.9 Å². The van der Waals surface area contributed by atoms with Crippen molar-refractivity contribution in [1.82, 2.24) is 10.6 Å². The van der Waals surface area contributed by atoms with Gasteiger partial charge in [-0.25, -0.2) is 4.39 Å². The highest BCUT2D eigenvalue weighted by Crippen LogP contribution is 2.29. The normalized spacial score (nSPS) is 16.4. The van der Waals surface area contributed by atoms with Gasteiger partial charge < -0.3 is 10.6 Å². The van der Waals surface area contributed by atoms with Crippen LogP contribution in [0.4, 0.5) is 4.39 Å². The highest BCUT2D eigenvalue weighted by Gasteiger charge is 2.23. The zero-order valence-corrected chi connectivity index (χ0v) is 13.8. The van der Waals surface area contributed by atoms with E-state index in [4.69, 9.17) is 0 Å². The number of rotatable bonds is 7. The first-order valence-electron chi connectivity index (χ1n) is 8.09. The van der Waals surface area contributed by atoms with Gasteiger partial charge >= 0.3 is 0 Å². The number of carbonyl (C=O) groups is 1. The molecule has 1 unspecified atom stereocenters. The summed E-state index contributed by atoms with van der Waals surface area (Å²) >= 11 is 0. The highest BCUT2D eigenvalue weighted by atomic mass is 19.1. The Morgan fingerprint density at radius 3 is 2.45 bits per heavy atom. The summed E-state index contributed by atoms with van der Waals surface area (Å²) in [6.45, 7) is 7.69. The Morgan fingerprint density at radius 2 is 1.91 bits per heavy atom. The number of amides is 1. The van der Waals surface area contributed by atoms with E-state index in [0.29, 0.717) is 6.54 Å². The van der Waals surface area contributed by atoms with Crippen molar-refractivity contribution in [3.8, 4) is 0 Å². The molecular formula is C18H27FN2O. The molecule has 1 aromatic rings. The first-order chi connectivity index (χ1) is 10.3. The van der Waals surface area contributed by atoms with E-state index in [1.165, 1.54) is 25.0 Å². The summed E-state index contributed by atoms with van der Waals surface area (Å²) in [6.07, 6.45) is 3.36. The quantitative estimate of drug-likeness (QED) is 0.810. The van der Waals surface area contributed by atoms with Gasteiger partial charge in [-0.15, -0.1) is 0 Å². The average Bonchev–Trinajstić information content (AvgIpc) is 3.21. The summed E-state index contributed by atoms with van der Waals surface area (Å²) in [7, 11) is 0. The lowest BCUT2D eigenvalue weighted by Gasteiger charge is -2.27. The molecule has 0 heterocycles. The molecule has 0 bridgehead atoms. The molecule has 1 aliphatic rings. The molecule has 1 saturated carbocycles. The van der Waals surface area contributed by atoms with Crippen molar-refractivity contribution < 1.29 is 9.18 Å². The monoisotopic (exact) mass is 306 g/mol. The number of hydrogen-bond donors (Lipinski definition) is 2. The van der Waals surface area contributed by atoms with Crippen molar-refractivity contribution in [2.45, 2.75) is 46.1 Å². The fraction of sp³-hybridized carbons (Fsp3) is 0.611. The van der Waals surface area contributed by atoms with Crippen molar-refractivity contribution in [3.05, 3.63) is 35.6 Å². The Balaban J connectivity index is 1.93. The summed E-state index contributed by atoms with van der Waals surface area (Å²) in [5.74, 6) is 0.505. The van der Waals surface area contributed by atoms with Crippen LogP contribution in [0.2, 0.25) is 0 Å². The van der Waals surface area contributed by atoms with E-state index in [-0.39, 0.29) is 23.2 Å². The van der Waals surface area contributed by atoms with Crippen LogP contribution < -0.4 is 10.6 Å². The van der Waals surface area contributed by atoms with Gasteiger partial charge in [0.15, 0.2) is 0 Å². The topological polar surface area (TPSA) is 41.1 Å². The number of benzene rings is 1. The molecule has 0 aromatic heterocycles. The van der Waals surface area contributed by atoms with E-state index in [0.717, 1.165) is 24.4 Å². The maximum absolute atomic E-state index is 13.1. The van der Waals surface area contributed by atoms with E-state index >= 15 is 0 Å². The molecule has 122 valence electrons. The van der Waals surface area contributed by atoms with Crippen LogP contribution in [0, 0.1) is 17.2 Å². The van der Waals surface area contributed by atoms with E-state index in [1.54, 1.807) is 12.1 Å². The summed E-state index contributed by atoms with van der Waals surface area (Å²) < 4.78 is 13.1. The first kappa shape index (κ1) is 16.9. The molecule has 1 amide bonds. The molecule has 3 nitrogen and oxygen atoms in total. The minimum Gasteiger partial charge on any atom is -0.348 e. The molecule has 0 spiro atoms. The Bertz CT molecular complexity index is 489. The summed E-state index contributed by atoms with van der Waals surface area (Å²) in [4.78, 5) is 12.1. The highest BCUT2D eigenvalue weighted by molar-refractivity contribution is 5.78. The maximum atomic E-state index is 13.1. The SMILES string of the molecule is CC(C)(C)CC(NC(=O)CNCC1CC1)c1ccc(F)cc1. The van der Waals surface area contributed by atoms with Gasteiger partial charge in [0.1, 0.15) is 5.82 Å². The van der Waals surface area contributed by atoms with Crippen LogP contribution in [-0.4, -0.2) is 19.0 Å². The van der Waals surface area contributed by atoms with Crippen LogP contribution in [-0.2, 0) is 4.79 Å². The van der Waals surface area contributed by atoms with Crippen LogP contribution in [0.15, 0.2) is 24.3 Å². The minimum atomic E-state index is -0.254. The van der Waals surface area contributed by atoms with Gasteiger partial charge in [-0.2, -0.15) is 0 Å². The average molecular weight is 306 g/mol. The van der Waals surface area contributed by atoms with Crippen LogP contribution in [0.5, 0.6) is 0 Å². The fourth-order valence-corrected chi connectivity index (χ4v) is 2.52. The number of carbonyl (C=O) groups excluding carboxylic acids is 1. The summed E-state index contributed by atoms with van der Waals surface area (Å²) in [6, 6.07) is 6.31. The lowest BCUT2D eigenvalue weighted by Crippen LogP contribution is -2.38. The van der Waals surface area contributed by atoms with Gasteiger partial charge in [-0.05, 0) is 54.8 Å². The molecule has 22 heavy (non-hydrogen) atoms. The van der Waals surface area contributed by atoms with E-state index < -0.39 is 0 Å². The zero-order valence-electron chi connectivity index (χ0n) is 13.8. The van der Waals surface area contributed by atoms with Crippen LogP contribution >= 0.6 is 0 Å². The fourth-order valence-electron chi connectivity index (χ4n) is 2.52. The molecule has 0 radical (unpaired) electrons. The molecule has 4 heteroatoms. The van der Waals surface area contributed by atoms with E-state index in [2.05, 4.69) is 31.4 Å². The van der Waals surface area contributed by atoms with Crippen LogP contribution in [0.3, 0.4) is 0 Å². The molecule has 1 aliphatic carbocycles. The Kier molecular flexibility index (Phi) is 5.57. The third-order valence-electron chi connectivity index (χ3n) is 3.84. The molecule has 0 aliphatic heterocycles. The Hall–Kier alpha value is -1.42. The predicted octanol–water partition coefficient (Wildman–Crippen LogP) is 3.42. The van der Waals surface area contributed by atoms with Gasteiger partial charge in [0.05, 0.1) is 12.6 Å². The molecule has 2 N–H and O–H groups in total. The second-order valence-corrected chi connectivity index (χ2v) is 7.51. The van der Waals surface area contributed by atoms with Crippen molar-refractivity contribution in [2.75, 3.05) is 13.1 Å². The maximum Gasteiger partial charge on any atom is 0.234 e. The minimum absolute atomic E-state index is 0.000718. The van der Waals surface area contributed by atoms with Crippen LogP contribution in [0.1, 0.15) is 51.6 Å².